The number of hydrogen-bond acceptors (Lipinski definition) is 3. The van der Waals surface area contributed by atoms with E-state index in [4.69, 9.17) is 11.6 Å². The van der Waals surface area contributed by atoms with E-state index in [9.17, 15) is 0 Å². The molecule has 1 heterocycles. The van der Waals surface area contributed by atoms with E-state index < -0.39 is 0 Å². The quantitative estimate of drug-likeness (QED) is 0.759. The van der Waals surface area contributed by atoms with Crippen LogP contribution in [0.15, 0.2) is 0 Å². The predicted molar refractivity (Wildman–Crippen MR) is 69.1 cm³/mol. The summed E-state index contributed by atoms with van der Waals surface area (Å²) in [5.41, 5.74) is 0.316. The zero-order valence-electron chi connectivity index (χ0n) is 10.0. The van der Waals surface area contributed by atoms with Gasteiger partial charge in [-0.25, -0.2) is 0 Å². The molecule has 0 bridgehead atoms. The van der Waals surface area contributed by atoms with Crippen LogP contribution in [-0.2, 0) is 11.3 Å². The lowest BCUT2D eigenvalue weighted by Gasteiger charge is -2.27. The minimum Gasteiger partial charge on any atom is -0.143 e. The summed E-state index contributed by atoms with van der Waals surface area (Å²) < 4.78 is 0. The Balaban J connectivity index is 2.24. The van der Waals surface area contributed by atoms with E-state index >= 15 is 0 Å². The number of alkyl halides is 1. The van der Waals surface area contributed by atoms with Crippen LogP contribution in [0, 0.1) is 5.92 Å². The Bertz CT molecular complexity index is 343. The molecule has 0 aromatic carbocycles. The first-order valence-corrected chi connectivity index (χ1v) is 7.40. The van der Waals surface area contributed by atoms with E-state index in [0.29, 0.717) is 11.3 Å². The van der Waals surface area contributed by atoms with E-state index in [1.807, 2.05) is 0 Å². The van der Waals surface area contributed by atoms with Gasteiger partial charge in [-0.3, -0.25) is 0 Å². The molecule has 16 heavy (non-hydrogen) atoms. The molecule has 0 atom stereocenters. The number of rotatable bonds is 4. The van der Waals surface area contributed by atoms with Gasteiger partial charge in [0.1, 0.15) is 10.0 Å². The van der Waals surface area contributed by atoms with Crippen molar-refractivity contribution < 1.29 is 0 Å². The number of aromatic nitrogens is 2. The second-order valence-corrected chi connectivity index (χ2v) is 6.55. The van der Waals surface area contributed by atoms with Crippen molar-refractivity contribution >= 4 is 22.9 Å². The van der Waals surface area contributed by atoms with Gasteiger partial charge in [0.25, 0.3) is 0 Å². The first-order valence-electron chi connectivity index (χ1n) is 6.05. The molecular weight excluding hydrogens is 240 g/mol. The molecule has 1 aromatic heterocycles. The van der Waals surface area contributed by atoms with Crippen molar-refractivity contribution in [2.24, 2.45) is 5.92 Å². The zero-order valence-corrected chi connectivity index (χ0v) is 11.6. The summed E-state index contributed by atoms with van der Waals surface area (Å²) >= 11 is 7.52. The lowest BCUT2D eigenvalue weighted by molar-refractivity contribution is 0.343. The van der Waals surface area contributed by atoms with Crippen molar-refractivity contribution in [2.45, 2.75) is 57.2 Å². The van der Waals surface area contributed by atoms with Gasteiger partial charge in [-0.15, -0.1) is 21.8 Å². The van der Waals surface area contributed by atoms with E-state index in [1.54, 1.807) is 11.3 Å². The van der Waals surface area contributed by atoms with Crippen LogP contribution in [0.25, 0.3) is 0 Å². The lowest BCUT2D eigenvalue weighted by atomic mass is 9.79. The van der Waals surface area contributed by atoms with Crippen molar-refractivity contribution in [2.75, 3.05) is 0 Å². The third-order valence-electron chi connectivity index (χ3n) is 3.39. The lowest BCUT2D eigenvalue weighted by Crippen LogP contribution is -2.24. The van der Waals surface area contributed by atoms with Crippen molar-refractivity contribution in [3.8, 4) is 0 Å². The Morgan fingerprint density at radius 1 is 1.31 bits per heavy atom. The summed E-state index contributed by atoms with van der Waals surface area (Å²) in [6.45, 7) is 4.59. The van der Waals surface area contributed by atoms with Gasteiger partial charge in [-0.1, -0.05) is 38.0 Å². The molecule has 1 aliphatic rings. The average molecular weight is 259 g/mol. The van der Waals surface area contributed by atoms with Gasteiger partial charge in [0, 0.05) is 5.41 Å². The standard InChI is InChI=1S/C12H19ClN2S/c1-9(2)7-12(5-3-4-6-12)11-15-14-10(8-13)16-11/h9H,3-8H2,1-2H3. The fraction of sp³-hybridized carbons (Fsp3) is 0.833. The Hall–Kier alpha value is -0.150. The fourth-order valence-electron chi connectivity index (χ4n) is 2.86. The Morgan fingerprint density at radius 3 is 2.50 bits per heavy atom. The van der Waals surface area contributed by atoms with Crippen LogP contribution in [0.2, 0.25) is 0 Å². The molecule has 4 heteroatoms. The Kier molecular flexibility index (Phi) is 3.85. The van der Waals surface area contributed by atoms with Crippen molar-refractivity contribution in [3.05, 3.63) is 10.0 Å². The predicted octanol–water partition coefficient (Wildman–Crippen LogP) is 4.13. The summed E-state index contributed by atoms with van der Waals surface area (Å²) in [7, 11) is 0. The molecular formula is C12H19ClN2S. The van der Waals surface area contributed by atoms with Crippen LogP contribution in [0.1, 0.15) is 56.0 Å². The zero-order chi connectivity index (χ0) is 11.6. The molecule has 1 aromatic rings. The monoisotopic (exact) mass is 258 g/mol. The van der Waals surface area contributed by atoms with Crippen molar-refractivity contribution in [1.82, 2.24) is 10.2 Å². The van der Waals surface area contributed by atoms with Crippen LogP contribution in [0.4, 0.5) is 0 Å². The second-order valence-electron chi connectivity index (χ2n) is 5.22. The minimum absolute atomic E-state index is 0.316. The van der Waals surface area contributed by atoms with Gasteiger partial charge < -0.3 is 0 Å². The van der Waals surface area contributed by atoms with Crippen LogP contribution in [0.3, 0.4) is 0 Å². The molecule has 2 rings (SSSR count). The third-order valence-corrected chi connectivity index (χ3v) is 4.98. The summed E-state index contributed by atoms with van der Waals surface area (Å²) in [6, 6.07) is 0. The summed E-state index contributed by atoms with van der Waals surface area (Å²) in [5.74, 6) is 1.22. The molecule has 0 aliphatic heterocycles. The molecule has 0 spiro atoms. The van der Waals surface area contributed by atoms with E-state index in [-0.39, 0.29) is 0 Å². The van der Waals surface area contributed by atoms with Crippen molar-refractivity contribution in [3.63, 3.8) is 0 Å². The van der Waals surface area contributed by atoms with Crippen LogP contribution in [-0.4, -0.2) is 10.2 Å². The maximum Gasteiger partial charge on any atom is 0.132 e. The van der Waals surface area contributed by atoms with Crippen molar-refractivity contribution in [1.29, 1.82) is 0 Å². The molecule has 0 radical (unpaired) electrons. The van der Waals surface area contributed by atoms with Crippen LogP contribution in [0.5, 0.6) is 0 Å². The smallest absolute Gasteiger partial charge is 0.132 e. The molecule has 1 aliphatic carbocycles. The second kappa shape index (κ2) is 5.01. The summed E-state index contributed by atoms with van der Waals surface area (Å²) in [5, 5.41) is 10.7. The molecule has 1 saturated carbocycles. The van der Waals surface area contributed by atoms with Crippen LogP contribution >= 0.6 is 22.9 Å². The Labute approximate surface area is 106 Å². The highest BCUT2D eigenvalue weighted by atomic mass is 35.5. The average Bonchev–Trinajstić information content (AvgIpc) is 2.84. The van der Waals surface area contributed by atoms with Crippen LogP contribution < -0.4 is 0 Å². The molecule has 0 unspecified atom stereocenters. The van der Waals surface area contributed by atoms with Gasteiger partial charge in [0.2, 0.25) is 0 Å². The molecule has 0 saturated heterocycles. The highest BCUT2D eigenvalue weighted by Crippen LogP contribution is 2.46. The largest absolute Gasteiger partial charge is 0.143 e. The number of hydrogen-bond donors (Lipinski definition) is 0. The van der Waals surface area contributed by atoms with E-state index in [0.717, 1.165) is 10.9 Å². The molecule has 1 fully saturated rings. The first kappa shape index (κ1) is 12.3. The normalized spacial score (nSPS) is 19.5. The maximum absolute atomic E-state index is 5.81. The third kappa shape index (κ3) is 2.40. The molecule has 0 amide bonds. The van der Waals surface area contributed by atoms with Gasteiger partial charge in [0.15, 0.2) is 0 Å². The van der Waals surface area contributed by atoms with Gasteiger partial charge in [-0.2, -0.15) is 0 Å². The van der Waals surface area contributed by atoms with E-state index in [2.05, 4.69) is 24.0 Å². The topological polar surface area (TPSA) is 25.8 Å². The molecule has 0 N–H and O–H groups in total. The summed E-state index contributed by atoms with van der Waals surface area (Å²) in [6.07, 6.45) is 6.47. The molecule has 2 nitrogen and oxygen atoms in total. The first-order chi connectivity index (χ1) is 7.66. The van der Waals surface area contributed by atoms with E-state index in [1.165, 1.54) is 37.1 Å². The SMILES string of the molecule is CC(C)CC1(c2nnc(CCl)s2)CCCC1. The Morgan fingerprint density at radius 2 is 2.00 bits per heavy atom. The molecule has 90 valence electrons. The highest BCUT2D eigenvalue weighted by molar-refractivity contribution is 7.11. The maximum atomic E-state index is 5.81. The summed E-state index contributed by atoms with van der Waals surface area (Å²) in [4.78, 5) is 0. The minimum atomic E-state index is 0.316. The van der Waals surface area contributed by atoms with Gasteiger partial charge in [0.05, 0.1) is 5.88 Å². The highest BCUT2D eigenvalue weighted by Gasteiger charge is 2.39. The van der Waals surface area contributed by atoms with Gasteiger partial charge in [-0.05, 0) is 25.2 Å². The number of halogens is 1. The fourth-order valence-corrected chi connectivity index (χ4v) is 4.02. The van der Waals surface area contributed by atoms with Gasteiger partial charge >= 0.3 is 0 Å². The number of nitrogens with zero attached hydrogens (tertiary/aromatic N) is 2.